The quantitative estimate of drug-likeness (QED) is 0.181. The largest absolute Gasteiger partial charge is 0.477 e. The van der Waals surface area contributed by atoms with Crippen molar-refractivity contribution in [1.29, 1.82) is 0 Å². The van der Waals surface area contributed by atoms with Crippen LogP contribution in [0.1, 0.15) is 114 Å². The Morgan fingerprint density at radius 1 is 1.11 bits per heavy atom. The second kappa shape index (κ2) is 22.2. The predicted octanol–water partition coefficient (Wildman–Crippen LogP) is 11.4. The smallest absolute Gasteiger partial charge is 0.173 e. The molecule has 250 valence electrons. The van der Waals surface area contributed by atoms with E-state index in [9.17, 15) is 9.18 Å². The summed E-state index contributed by atoms with van der Waals surface area (Å²) in [5.74, 6) is 0.105. The lowest BCUT2D eigenvalue weighted by Gasteiger charge is -2.36. The minimum atomic E-state index is -0.988. The number of carbonyl (C=O) groups is 2. The second-order valence-electron chi connectivity index (χ2n) is 11.6. The van der Waals surface area contributed by atoms with Crippen molar-refractivity contribution in [3.8, 4) is 17.0 Å². The van der Waals surface area contributed by atoms with E-state index >= 15 is 0 Å². The fourth-order valence-corrected chi connectivity index (χ4v) is 3.99. The molecule has 2 atom stereocenters. The molecule has 0 amide bonds. The fraction of sp³-hybridized carbons (Fsp3) is 0.474. The van der Waals surface area contributed by atoms with Gasteiger partial charge < -0.3 is 9.53 Å². The number of aliphatic imine (C=N–C) groups is 1. The Morgan fingerprint density at radius 3 is 2.16 bits per heavy atom. The number of unbranched alkanes of at least 4 members (excludes halogenated alkanes) is 1. The van der Waals surface area contributed by atoms with Crippen LogP contribution in [0.25, 0.3) is 17.3 Å². The van der Waals surface area contributed by atoms with E-state index in [1.807, 2.05) is 60.5 Å². The number of Topliss-reactive ketones (excluding diaryl/α,β-unsaturated/α-hetero) is 1. The summed E-state index contributed by atoms with van der Waals surface area (Å²) in [6.45, 7) is 29.3. The van der Waals surface area contributed by atoms with Crippen molar-refractivity contribution in [2.24, 2.45) is 10.9 Å². The van der Waals surface area contributed by atoms with Crippen LogP contribution in [-0.4, -0.2) is 28.9 Å². The van der Waals surface area contributed by atoms with Gasteiger partial charge in [0, 0.05) is 29.0 Å². The lowest BCUT2D eigenvalue weighted by atomic mass is 9.83. The van der Waals surface area contributed by atoms with E-state index in [1.165, 1.54) is 12.1 Å². The third kappa shape index (κ3) is 14.5. The minimum Gasteiger partial charge on any atom is -0.477 e. The van der Waals surface area contributed by atoms with Gasteiger partial charge in [-0.3, -0.25) is 9.79 Å². The Balaban J connectivity index is 0. The third-order valence-electron chi connectivity index (χ3n) is 6.87. The highest BCUT2D eigenvalue weighted by atomic mass is 35.5. The number of halogens is 2. The second-order valence-corrected chi connectivity index (χ2v) is 12.0. The van der Waals surface area contributed by atoms with E-state index in [4.69, 9.17) is 26.1 Å². The van der Waals surface area contributed by atoms with E-state index in [2.05, 4.69) is 52.3 Å². The molecule has 0 bridgehead atoms. The van der Waals surface area contributed by atoms with Crippen molar-refractivity contribution in [2.45, 2.75) is 113 Å². The Hall–Kier alpha value is -3.38. The number of aromatic nitrogens is 1. The van der Waals surface area contributed by atoms with Crippen molar-refractivity contribution in [1.82, 2.24) is 4.98 Å². The van der Waals surface area contributed by atoms with Crippen LogP contribution >= 0.6 is 11.6 Å². The standard InChI is InChI=1S/C28H37ClFNO2.C7H11N.C2H6.CH2O/c1-9-11-12-13-24-26(33-28(8,19(4)32)18(3)10-2)21(27(5,6)7)17-25(31-24)20-14-15-22(29)23(30)16-20;1-4-5-6-8-7(2)3;2*1-2/h12-18H,9-11H2,1-8H3;4-6H,1H2,2-3H3;1-2H3;1H2/b13-12+;6-5-;;. The topological polar surface area (TPSA) is 68.6 Å². The van der Waals surface area contributed by atoms with Crippen LogP contribution in [0.2, 0.25) is 5.02 Å². The molecule has 1 heterocycles. The molecule has 2 rings (SSSR count). The molecular formula is C38H56ClFN2O3. The maximum absolute atomic E-state index is 14.2. The van der Waals surface area contributed by atoms with E-state index < -0.39 is 11.4 Å². The maximum atomic E-state index is 14.2. The highest BCUT2D eigenvalue weighted by molar-refractivity contribution is 6.30. The van der Waals surface area contributed by atoms with Crippen LogP contribution in [0, 0.1) is 11.7 Å². The molecule has 0 fully saturated rings. The number of nitrogens with zero attached hydrogens (tertiary/aromatic N) is 2. The molecular weight excluding hydrogens is 587 g/mol. The molecule has 0 radical (unpaired) electrons. The molecule has 0 aliphatic heterocycles. The summed E-state index contributed by atoms with van der Waals surface area (Å²) >= 11 is 5.90. The Morgan fingerprint density at radius 2 is 1.71 bits per heavy atom. The lowest BCUT2D eigenvalue weighted by molar-refractivity contribution is -0.135. The number of allylic oxidation sites excluding steroid dienone is 3. The average Bonchev–Trinajstić information content (AvgIpc) is 3.00. The van der Waals surface area contributed by atoms with Crippen LogP contribution in [0.15, 0.2) is 60.3 Å². The summed E-state index contributed by atoms with van der Waals surface area (Å²) in [5, 5.41) is 0.0728. The first-order valence-electron chi connectivity index (χ1n) is 15.6. The molecule has 5 nitrogen and oxygen atoms in total. The molecule has 2 aromatic rings. The average molecular weight is 643 g/mol. The van der Waals surface area contributed by atoms with Crippen molar-refractivity contribution >= 4 is 36.0 Å². The zero-order valence-corrected chi connectivity index (χ0v) is 30.4. The molecule has 2 unspecified atom stereocenters. The molecule has 1 aromatic heterocycles. The minimum absolute atomic E-state index is 0.0142. The van der Waals surface area contributed by atoms with Gasteiger partial charge in [0.1, 0.15) is 24.0 Å². The number of pyridine rings is 1. The van der Waals surface area contributed by atoms with E-state index in [-0.39, 0.29) is 22.1 Å². The Bertz CT molecular complexity index is 1290. The summed E-state index contributed by atoms with van der Waals surface area (Å²) in [4.78, 5) is 29.6. The maximum Gasteiger partial charge on any atom is 0.173 e. The van der Waals surface area contributed by atoms with Crippen molar-refractivity contribution in [3.05, 3.63) is 77.4 Å². The van der Waals surface area contributed by atoms with Crippen LogP contribution in [0.4, 0.5) is 4.39 Å². The molecule has 0 aliphatic carbocycles. The van der Waals surface area contributed by atoms with Gasteiger partial charge in [0.2, 0.25) is 0 Å². The number of ether oxygens (including phenoxy) is 1. The zero-order chi connectivity index (χ0) is 35.4. The van der Waals surface area contributed by atoms with Crippen LogP contribution < -0.4 is 4.74 Å². The molecule has 0 saturated carbocycles. The van der Waals surface area contributed by atoms with E-state index in [1.54, 1.807) is 31.3 Å². The Labute approximate surface area is 277 Å². The number of carbonyl (C=O) groups excluding carboxylic acids is 2. The van der Waals surface area contributed by atoms with Crippen molar-refractivity contribution in [2.75, 3.05) is 0 Å². The molecule has 0 N–H and O–H groups in total. The number of benzene rings is 1. The SMILES string of the molecule is C=C/C=C\N=C(C)C.C=O.CC.CCC/C=C/c1nc(-c2ccc(Cl)c(F)c2)cc(C(C)(C)C)c1OC(C)(C(C)=O)C(C)CC. The van der Waals surface area contributed by atoms with Gasteiger partial charge in [-0.25, -0.2) is 9.37 Å². The monoisotopic (exact) mass is 642 g/mol. The normalized spacial score (nSPS) is 12.8. The van der Waals surface area contributed by atoms with Crippen molar-refractivity contribution in [3.63, 3.8) is 0 Å². The number of rotatable bonds is 11. The third-order valence-corrected chi connectivity index (χ3v) is 7.18. The first-order chi connectivity index (χ1) is 21.1. The number of ketones is 1. The van der Waals surface area contributed by atoms with E-state index in [0.29, 0.717) is 22.7 Å². The van der Waals surface area contributed by atoms with Gasteiger partial charge in [-0.05, 0) is 76.3 Å². The lowest BCUT2D eigenvalue weighted by Crippen LogP contribution is -2.46. The summed E-state index contributed by atoms with van der Waals surface area (Å²) in [6, 6.07) is 6.64. The molecule has 1 aromatic carbocycles. The highest BCUT2D eigenvalue weighted by Crippen LogP contribution is 2.41. The summed E-state index contributed by atoms with van der Waals surface area (Å²) in [5.41, 5.74) is 2.58. The van der Waals surface area contributed by atoms with Gasteiger partial charge >= 0.3 is 0 Å². The van der Waals surface area contributed by atoms with Gasteiger partial charge in [0.15, 0.2) is 11.4 Å². The summed E-state index contributed by atoms with van der Waals surface area (Å²) in [7, 11) is 0. The summed E-state index contributed by atoms with van der Waals surface area (Å²) < 4.78 is 20.8. The summed E-state index contributed by atoms with van der Waals surface area (Å²) in [6.07, 6.45) is 11.9. The molecule has 0 saturated heterocycles. The molecule has 7 heteroatoms. The van der Waals surface area contributed by atoms with Crippen molar-refractivity contribution < 1.29 is 18.7 Å². The first-order valence-corrected chi connectivity index (χ1v) is 15.9. The molecule has 45 heavy (non-hydrogen) atoms. The fourth-order valence-electron chi connectivity index (χ4n) is 3.87. The Kier molecular flexibility index (Phi) is 21.6. The highest BCUT2D eigenvalue weighted by Gasteiger charge is 2.39. The van der Waals surface area contributed by atoms with Crippen LogP contribution in [0.3, 0.4) is 0 Å². The van der Waals surface area contributed by atoms with Crippen LogP contribution in [-0.2, 0) is 15.0 Å². The number of hydrogen-bond donors (Lipinski definition) is 0. The van der Waals surface area contributed by atoms with Gasteiger partial charge in [-0.1, -0.05) is 98.2 Å². The first kappa shape index (κ1) is 43.7. The predicted molar refractivity (Wildman–Crippen MR) is 193 cm³/mol. The number of hydrogen-bond acceptors (Lipinski definition) is 5. The van der Waals surface area contributed by atoms with E-state index in [0.717, 1.165) is 30.5 Å². The van der Waals surface area contributed by atoms with Crippen LogP contribution in [0.5, 0.6) is 5.75 Å². The zero-order valence-electron chi connectivity index (χ0n) is 29.7. The molecule has 0 spiro atoms. The van der Waals surface area contributed by atoms with Gasteiger partial charge in [0.05, 0.1) is 10.7 Å². The molecule has 0 aliphatic rings. The van der Waals surface area contributed by atoms with Gasteiger partial charge in [-0.2, -0.15) is 0 Å². The van der Waals surface area contributed by atoms with Gasteiger partial charge in [-0.15, -0.1) is 0 Å². The van der Waals surface area contributed by atoms with Gasteiger partial charge in [0.25, 0.3) is 0 Å².